The summed E-state index contributed by atoms with van der Waals surface area (Å²) in [4.78, 5) is 11.7. The number of rotatable bonds is 3. The van der Waals surface area contributed by atoms with E-state index in [4.69, 9.17) is 5.11 Å². The fourth-order valence-corrected chi connectivity index (χ4v) is 1.43. The van der Waals surface area contributed by atoms with E-state index in [0.717, 1.165) is 10.9 Å². The molecule has 0 spiro atoms. The number of nitrogens with zero attached hydrogens (tertiary/aromatic N) is 1. The summed E-state index contributed by atoms with van der Waals surface area (Å²) in [5, 5.41) is 19.2. The molecular weight excluding hydrogens is 206 g/mol. The minimum Gasteiger partial charge on any atom is -0.394 e. The molecule has 5 nitrogen and oxygen atoms in total. The smallest absolute Gasteiger partial charge is 0.251 e. The van der Waals surface area contributed by atoms with E-state index in [9.17, 15) is 4.79 Å². The monoisotopic (exact) mass is 219 g/mol. The fourth-order valence-electron chi connectivity index (χ4n) is 1.43. The Kier molecular flexibility index (Phi) is 2.87. The van der Waals surface area contributed by atoms with Crippen molar-refractivity contribution in [1.82, 2.24) is 15.5 Å². The molecule has 2 aromatic rings. The Morgan fingerprint density at radius 2 is 2.44 bits per heavy atom. The molecule has 0 saturated heterocycles. The van der Waals surface area contributed by atoms with Crippen molar-refractivity contribution >= 4 is 16.8 Å². The van der Waals surface area contributed by atoms with Crippen LogP contribution in [0.3, 0.4) is 0 Å². The van der Waals surface area contributed by atoms with Crippen LogP contribution < -0.4 is 5.32 Å². The molecule has 0 saturated carbocycles. The number of aliphatic hydroxyl groups excluding tert-OH is 1. The van der Waals surface area contributed by atoms with E-state index in [1.165, 1.54) is 0 Å². The number of hydrogen-bond donors (Lipinski definition) is 3. The maximum absolute atomic E-state index is 11.7. The Balaban J connectivity index is 2.22. The molecule has 0 aliphatic carbocycles. The summed E-state index contributed by atoms with van der Waals surface area (Å²) in [6.07, 6.45) is 1.70. The first-order valence-corrected chi connectivity index (χ1v) is 5.05. The first-order chi connectivity index (χ1) is 7.70. The number of aliphatic hydroxyl groups is 1. The van der Waals surface area contributed by atoms with Crippen molar-refractivity contribution in [2.45, 2.75) is 13.0 Å². The standard InChI is InChI=1S/C11H13N3O2/c1-7(6-15)13-11(16)8-2-3-9-5-12-14-10(9)4-8/h2-5,7,15H,6H2,1H3,(H,12,14)(H,13,16). The highest BCUT2D eigenvalue weighted by atomic mass is 16.3. The number of benzene rings is 1. The molecule has 5 heteroatoms. The molecule has 3 N–H and O–H groups in total. The van der Waals surface area contributed by atoms with Gasteiger partial charge in [-0.25, -0.2) is 0 Å². The summed E-state index contributed by atoms with van der Waals surface area (Å²) in [5.74, 6) is -0.196. The molecule has 0 bridgehead atoms. The molecular formula is C11H13N3O2. The summed E-state index contributed by atoms with van der Waals surface area (Å²) < 4.78 is 0. The van der Waals surface area contributed by atoms with Crippen molar-refractivity contribution in [3.05, 3.63) is 30.0 Å². The lowest BCUT2D eigenvalue weighted by molar-refractivity contribution is 0.0922. The van der Waals surface area contributed by atoms with Gasteiger partial charge in [-0.2, -0.15) is 5.10 Å². The van der Waals surface area contributed by atoms with Gasteiger partial charge in [-0.15, -0.1) is 0 Å². The summed E-state index contributed by atoms with van der Waals surface area (Å²) in [7, 11) is 0. The van der Waals surface area contributed by atoms with Gasteiger partial charge in [0.05, 0.1) is 18.3 Å². The average molecular weight is 219 g/mol. The maximum atomic E-state index is 11.7. The molecule has 1 aromatic carbocycles. The number of carbonyl (C=O) groups is 1. The van der Waals surface area contributed by atoms with E-state index >= 15 is 0 Å². The van der Waals surface area contributed by atoms with Crippen molar-refractivity contribution < 1.29 is 9.90 Å². The maximum Gasteiger partial charge on any atom is 0.251 e. The van der Waals surface area contributed by atoms with E-state index in [1.807, 2.05) is 6.07 Å². The van der Waals surface area contributed by atoms with Crippen LogP contribution in [0.2, 0.25) is 0 Å². The van der Waals surface area contributed by atoms with Gasteiger partial charge in [0, 0.05) is 17.0 Å². The van der Waals surface area contributed by atoms with Crippen LogP contribution in [0.15, 0.2) is 24.4 Å². The zero-order chi connectivity index (χ0) is 11.5. The van der Waals surface area contributed by atoms with Crippen molar-refractivity contribution in [3.63, 3.8) is 0 Å². The van der Waals surface area contributed by atoms with Crippen LogP contribution >= 0.6 is 0 Å². The summed E-state index contributed by atoms with van der Waals surface area (Å²) in [6, 6.07) is 5.06. The van der Waals surface area contributed by atoms with Crippen LogP contribution in [0.4, 0.5) is 0 Å². The third-order valence-electron chi connectivity index (χ3n) is 2.36. The van der Waals surface area contributed by atoms with Gasteiger partial charge >= 0.3 is 0 Å². The zero-order valence-electron chi connectivity index (χ0n) is 8.90. The quantitative estimate of drug-likeness (QED) is 0.710. The highest BCUT2D eigenvalue weighted by molar-refractivity contribution is 5.97. The van der Waals surface area contributed by atoms with Crippen molar-refractivity contribution in [3.8, 4) is 0 Å². The van der Waals surface area contributed by atoms with Gasteiger partial charge in [-0.1, -0.05) is 6.07 Å². The van der Waals surface area contributed by atoms with E-state index in [2.05, 4.69) is 15.5 Å². The van der Waals surface area contributed by atoms with E-state index in [0.29, 0.717) is 5.56 Å². The SMILES string of the molecule is CC(CO)NC(=O)c1ccc2cn[nH]c2c1. The predicted octanol–water partition coefficient (Wildman–Crippen LogP) is 0.674. The summed E-state index contributed by atoms with van der Waals surface area (Å²) in [5.41, 5.74) is 1.38. The molecule has 1 atom stereocenters. The second kappa shape index (κ2) is 4.32. The Morgan fingerprint density at radius 3 is 3.19 bits per heavy atom. The third kappa shape index (κ3) is 2.04. The Morgan fingerprint density at radius 1 is 1.62 bits per heavy atom. The van der Waals surface area contributed by atoms with Crippen molar-refractivity contribution in [2.24, 2.45) is 0 Å². The molecule has 0 radical (unpaired) electrons. The number of carbonyl (C=O) groups excluding carboxylic acids is 1. The lowest BCUT2D eigenvalue weighted by atomic mass is 10.1. The van der Waals surface area contributed by atoms with Gasteiger partial charge in [0.2, 0.25) is 0 Å². The normalized spacial score (nSPS) is 12.6. The minimum absolute atomic E-state index is 0.0714. The molecule has 1 heterocycles. The van der Waals surface area contributed by atoms with E-state index in [1.54, 1.807) is 25.3 Å². The topological polar surface area (TPSA) is 78.0 Å². The summed E-state index contributed by atoms with van der Waals surface area (Å²) in [6.45, 7) is 1.67. The Labute approximate surface area is 92.5 Å². The molecule has 2 rings (SSSR count). The Bertz CT molecular complexity index is 507. The fraction of sp³-hybridized carbons (Fsp3) is 0.273. The van der Waals surface area contributed by atoms with Gasteiger partial charge in [-0.3, -0.25) is 9.89 Å². The number of fused-ring (bicyclic) bond motifs is 1. The van der Waals surface area contributed by atoms with E-state index < -0.39 is 0 Å². The van der Waals surface area contributed by atoms with Crippen LogP contribution in [0.5, 0.6) is 0 Å². The highest BCUT2D eigenvalue weighted by Crippen LogP contribution is 2.12. The molecule has 0 aliphatic rings. The van der Waals surface area contributed by atoms with Crippen LogP contribution in [0.25, 0.3) is 10.9 Å². The van der Waals surface area contributed by atoms with Crippen LogP contribution in [0, 0.1) is 0 Å². The summed E-state index contributed by atoms with van der Waals surface area (Å²) >= 11 is 0. The number of amides is 1. The molecule has 1 unspecified atom stereocenters. The van der Waals surface area contributed by atoms with Crippen molar-refractivity contribution in [2.75, 3.05) is 6.61 Å². The molecule has 0 fully saturated rings. The van der Waals surface area contributed by atoms with Crippen LogP contribution in [0.1, 0.15) is 17.3 Å². The van der Waals surface area contributed by atoms with Crippen molar-refractivity contribution in [1.29, 1.82) is 0 Å². The number of hydrogen-bond acceptors (Lipinski definition) is 3. The second-order valence-corrected chi connectivity index (χ2v) is 3.73. The van der Waals surface area contributed by atoms with Gasteiger partial charge in [0.1, 0.15) is 0 Å². The first kappa shape index (κ1) is 10.6. The largest absolute Gasteiger partial charge is 0.394 e. The first-order valence-electron chi connectivity index (χ1n) is 5.05. The van der Waals surface area contributed by atoms with Gasteiger partial charge < -0.3 is 10.4 Å². The van der Waals surface area contributed by atoms with Crippen LogP contribution in [-0.2, 0) is 0 Å². The van der Waals surface area contributed by atoms with E-state index in [-0.39, 0.29) is 18.6 Å². The zero-order valence-corrected chi connectivity index (χ0v) is 8.90. The minimum atomic E-state index is -0.245. The average Bonchev–Trinajstić information content (AvgIpc) is 2.75. The van der Waals surface area contributed by atoms with Crippen LogP contribution in [-0.4, -0.2) is 33.9 Å². The lowest BCUT2D eigenvalue weighted by Crippen LogP contribution is -2.34. The predicted molar refractivity (Wildman–Crippen MR) is 60.1 cm³/mol. The number of aromatic amines is 1. The van der Waals surface area contributed by atoms with Gasteiger partial charge in [0.25, 0.3) is 5.91 Å². The number of aromatic nitrogens is 2. The van der Waals surface area contributed by atoms with Gasteiger partial charge in [-0.05, 0) is 19.1 Å². The molecule has 0 aliphatic heterocycles. The second-order valence-electron chi connectivity index (χ2n) is 3.73. The highest BCUT2D eigenvalue weighted by Gasteiger charge is 2.09. The molecule has 1 amide bonds. The lowest BCUT2D eigenvalue weighted by Gasteiger charge is -2.10. The molecule has 84 valence electrons. The third-order valence-corrected chi connectivity index (χ3v) is 2.36. The number of nitrogens with one attached hydrogen (secondary N) is 2. The molecule has 16 heavy (non-hydrogen) atoms. The Hall–Kier alpha value is -1.88. The number of H-pyrrole nitrogens is 1. The van der Waals surface area contributed by atoms with Gasteiger partial charge in [0.15, 0.2) is 0 Å². The molecule has 1 aromatic heterocycles.